The Balaban J connectivity index is 1.39. The van der Waals surface area contributed by atoms with E-state index in [2.05, 4.69) is 66.0 Å². The Morgan fingerprint density at radius 3 is 2.33 bits per heavy atom. The van der Waals surface area contributed by atoms with Crippen molar-refractivity contribution in [1.29, 1.82) is 0 Å². The first-order valence-corrected chi connectivity index (χ1v) is 16.0. The van der Waals surface area contributed by atoms with E-state index < -0.39 is 21.4 Å². The number of sulfone groups is 1. The quantitative estimate of drug-likeness (QED) is 0.123. The highest BCUT2D eigenvalue weighted by molar-refractivity contribution is 7.90. The van der Waals surface area contributed by atoms with Crippen LogP contribution >= 0.6 is 0 Å². The smallest absolute Gasteiger partial charge is 0.177 e. The highest BCUT2D eigenvalue weighted by atomic mass is 32.2. The van der Waals surface area contributed by atoms with Crippen LogP contribution in [0.5, 0.6) is 0 Å². The predicted molar refractivity (Wildman–Crippen MR) is 168 cm³/mol. The standard InChI is InChI=1S/C36H30FNO3S/c1-42(39,40)35-19-17-27(37)22-34(35)38-36(20-8-11-25-10-3-7-15-33(25)36)41-23-26-21-32-28-12-4-2-9-24(28)16-18-31(32)30-14-6-5-13-29(26)30/h2-7,9-10,12-19,21-22,38H,8,11,20,23H2,1H3. The van der Waals surface area contributed by atoms with Crippen molar-refractivity contribution in [3.8, 4) is 0 Å². The molecule has 1 aliphatic carbocycles. The van der Waals surface area contributed by atoms with E-state index in [0.717, 1.165) is 51.9 Å². The van der Waals surface area contributed by atoms with Crippen molar-refractivity contribution in [1.82, 2.24) is 0 Å². The molecule has 0 radical (unpaired) electrons. The molecule has 6 aromatic rings. The lowest BCUT2D eigenvalue weighted by Gasteiger charge is -2.41. The van der Waals surface area contributed by atoms with Gasteiger partial charge in [0, 0.05) is 11.8 Å². The Labute approximate surface area is 244 Å². The zero-order chi connectivity index (χ0) is 28.9. The van der Waals surface area contributed by atoms with E-state index in [9.17, 15) is 12.8 Å². The largest absolute Gasteiger partial charge is 0.353 e. The molecule has 1 atom stereocenters. The molecule has 0 aliphatic heterocycles. The number of ether oxygens (including phenoxy) is 1. The summed E-state index contributed by atoms with van der Waals surface area (Å²) >= 11 is 0. The van der Waals surface area contributed by atoms with Crippen LogP contribution in [-0.2, 0) is 33.3 Å². The molecular formula is C36H30FNO3S. The predicted octanol–water partition coefficient (Wildman–Crippen LogP) is 8.51. The summed E-state index contributed by atoms with van der Waals surface area (Å²) in [6.45, 7) is 0.268. The van der Waals surface area contributed by atoms with E-state index in [1.165, 1.54) is 34.4 Å². The zero-order valence-electron chi connectivity index (χ0n) is 23.2. The second kappa shape index (κ2) is 10.2. The number of fused-ring (bicyclic) bond motifs is 6. The SMILES string of the molecule is CS(=O)(=O)c1ccc(F)cc1NC1(OCc2cc3c4ccccc4ccc3c3ccccc23)CCCc2ccccc21. The van der Waals surface area contributed by atoms with Crippen LogP contribution in [0.15, 0.2) is 114 Å². The molecule has 0 saturated carbocycles. The van der Waals surface area contributed by atoms with Gasteiger partial charge in [-0.2, -0.15) is 0 Å². The molecule has 6 aromatic carbocycles. The van der Waals surface area contributed by atoms with Crippen LogP contribution < -0.4 is 5.32 Å². The van der Waals surface area contributed by atoms with Gasteiger partial charge in [-0.05, 0) is 87.0 Å². The summed E-state index contributed by atoms with van der Waals surface area (Å²) in [5.41, 5.74) is 2.24. The molecule has 0 amide bonds. The van der Waals surface area contributed by atoms with Crippen LogP contribution in [0.25, 0.3) is 32.3 Å². The van der Waals surface area contributed by atoms with Crippen molar-refractivity contribution in [3.05, 3.63) is 132 Å². The number of halogens is 1. The monoisotopic (exact) mass is 575 g/mol. The van der Waals surface area contributed by atoms with Crippen LogP contribution in [0.2, 0.25) is 0 Å². The van der Waals surface area contributed by atoms with Gasteiger partial charge in [0.05, 0.1) is 17.2 Å². The lowest BCUT2D eigenvalue weighted by atomic mass is 9.84. The maximum Gasteiger partial charge on any atom is 0.177 e. The molecule has 0 bridgehead atoms. The van der Waals surface area contributed by atoms with Crippen LogP contribution in [0.3, 0.4) is 0 Å². The lowest BCUT2D eigenvalue weighted by molar-refractivity contribution is -0.0518. The summed E-state index contributed by atoms with van der Waals surface area (Å²) in [5.74, 6) is -0.517. The topological polar surface area (TPSA) is 55.4 Å². The second-order valence-corrected chi connectivity index (χ2v) is 13.1. The Hall–Kier alpha value is -4.26. The number of anilines is 1. The number of nitrogens with one attached hydrogen (secondary N) is 1. The minimum absolute atomic E-state index is 0.0394. The fourth-order valence-corrected chi connectivity index (χ4v) is 7.33. The van der Waals surface area contributed by atoms with Gasteiger partial charge in [-0.15, -0.1) is 0 Å². The number of rotatable bonds is 6. The van der Waals surface area contributed by atoms with Gasteiger partial charge in [0.15, 0.2) is 15.6 Å². The molecule has 0 spiro atoms. The number of aryl methyl sites for hydroxylation is 1. The van der Waals surface area contributed by atoms with Gasteiger partial charge in [-0.3, -0.25) is 0 Å². The van der Waals surface area contributed by atoms with Crippen LogP contribution in [-0.4, -0.2) is 14.7 Å². The summed E-state index contributed by atoms with van der Waals surface area (Å²) in [6.07, 6.45) is 3.45. The minimum atomic E-state index is -3.63. The average molecular weight is 576 g/mol. The molecule has 210 valence electrons. The molecule has 0 aromatic heterocycles. The molecule has 7 rings (SSSR count). The van der Waals surface area contributed by atoms with Gasteiger partial charge in [0.25, 0.3) is 0 Å². The highest BCUT2D eigenvalue weighted by Crippen LogP contribution is 2.42. The van der Waals surface area contributed by atoms with Gasteiger partial charge in [0.1, 0.15) is 5.82 Å². The lowest BCUT2D eigenvalue weighted by Crippen LogP contribution is -2.42. The van der Waals surface area contributed by atoms with Gasteiger partial charge in [0.2, 0.25) is 0 Å². The van der Waals surface area contributed by atoms with E-state index in [0.29, 0.717) is 6.42 Å². The van der Waals surface area contributed by atoms with Crippen molar-refractivity contribution >= 4 is 47.8 Å². The molecule has 0 fully saturated rings. The number of hydrogen-bond acceptors (Lipinski definition) is 4. The molecular weight excluding hydrogens is 545 g/mol. The molecule has 42 heavy (non-hydrogen) atoms. The Morgan fingerprint density at radius 2 is 1.50 bits per heavy atom. The summed E-state index contributed by atoms with van der Waals surface area (Å²) in [5, 5.41) is 10.3. The third-order valence-electron chi connectivity index (χ3n) is 8.43. The first-order chi connectivity index (χ1) is 20.3. The summed E-state index contributed by atoms with van der Waals surface area (Å²) in [4.78, 5) is 0.0394. The van der Waals surface area contributed by atoms with Crippen LogP contribution in [0, 0.1) is 5.82 Å². The van der Waals surface area contributed by atoms with Gasteiger partial charge >= 0.3 is 0 Å². The Morgan fingerprint density at radius 1 is 0.786 bits per heavy atom. The molecule has 0 saturated heterocycles. The maximum absolute atomic E-state index is 14.5. The third-order valence-corrected chi connectivity index (χ3v) is 9.59. The van der Waals surface area contributed by atoms with E-state index in [4.69, 9.17) is 4.74 Å². The number of hydrogen-bond donors (Lipinski definition) is 1. The van der Waals surface area contributed by atoms with Crippen molar-refractivity contribution in [2.45, 2.75) is 36.5 Å². The summed E-state index contributed by atoms with van der Waals surface area (Å²) in [7, 11) is -3.63. The minimum Gasteiger partial charge on any atom is -0.353 e. The zero-order valence-corrected chi connectivity index (χ0v) is 24.0. The summed E-state index contributed by atoms with van der Waals surface area (Å²) in [6, 6.07) is 35.1. The molecule has 0 heterocycles. The second-order valence-electron chi connectivity index (χ2n) is 11.1. The molecule has 1 N–H and O–H groups in total. The fourth-order valence-electron chi connectivity index (χ4n) is 6.51. The fraction of sp³-hybridized carbons (Fsp3) is 0.167. The summed E-state index contributed by atoms with van der Waals surface area (Å²) < 4.78 is 46.9. The van der Waals surface area contributed by atoms with Gasteiger partial charge < -0.3 is 10.1 Å². The molecule has 6 heteroatoms. The van der Waals surface area contributed by atoms with Gasteiger partial charge in [-0.25, -0.2) is 12.8 Å². The van der Waals surface area contributed by atoms with E-state index in [-0.39, 0.29) is 17.2 Å². The van der Waals surface area contributed by atoms with E-state index >= 15 is 0 Å². The van der Waals surface area contributed by atoms with E-state index in [1.807, 2.05) is 30.3 Å². The van der Waals surface area contributed by atoms with Crippen molar-refractivity contribution in [2.75, 3.05) is 11.6 Å². The first kappa shape index (κ1) is 26.6. The van der Waals surface area contributed by atoms with Crippen molar-refractivity contribution in [3.63, 3.8) is 0 Å². The van der Waals surface area contributed by atoms with Crippen LogP contribution in [0.4, 0.5) is 10.1 Å². The van der Waals surface area contributed by atoms with Gasteiger partial charge in [-0.1, -0.05) is 84.9 Å². The van der Waals surface area contributed by atoms with E-state index in [1.54, 1.807) is 0 Å². The maximum atomic E-state index is 14.5. The third kappa shape index (κ3) is 4.61. The first-order valence-electron chi connectivity index (χ1n) is 14.1. The van der Waals surface area contributed by atoms with Crippen molar-refractivity contribution in [2.24, 2.45) is 0 Å². The highest BCUT2D eigenvalue weighted by Gasteiger charge is 2.39. The average Bonchev–Trinajstić information content (AvgIpc) is 2.99. The Bertz CT molecular complexity index is 2110. The molecule has 4 nitrogen and oxygen atoms in total. The molecule has 1 aliphatic rings. The molecule has 1 unspecified atom stereocenters. The Kier molecular flexibility index (Phi) is 6.48. The number of benzene rings is 6. The van der Waals surface area contributed by atoms with Crippen LogP contribution in [0.1, 0.15) is 29.5 Å². The normalized spacial score (nSPS) is 17.0. The van der Waals surface area contributed by atoms with Crippen molar-refractivity contribution < 1.29 is 17.5 Å².